The van der Waals surface area contributed by atoms with Gasteiger partial charge in [-0.25, -0.2) is 4.98 Å². The maximum atomic E-state index is 12.5. The van der Waals surface area contributed by atoms with Crippen molar-refractivity contribution < 1.29 is 9.31 Å². The van der Waals surface area contributed by atoms with Gasteiger partial charge >= 0.3 is 5.82 Å². The van der Waals surface area contributed by atoms with Gasteiger partial charge in [0.15, 0.2) is 0 Å². The first-order valence-electron chi connectivity index (χ1n) is 4.45. The van der Waals surface area contributed by atoms with Crippen molar-refractivity contribution in [2.24, 2.45) is 5.73 Å². The summed E-state index contributed by atoms with van der Waals surface area (Å²) in [7, 11) is 1.53. The van der Waals surface area contributed by atoms with Gasteiger partial charge in [-0.3, -0.25) is 5.73 Å². The maximum absolute atomic E-state index is 12.5. The zero-order valence-electron chi connectivity index (χ0n) is 8.61. The van der Waals surface area contributed by atoms with Gasteiger partial charge in [-0.05, 0) is 16.6 Å². The largest absolute Gasteiger partial charge is 0.384 e. The van der Waals surface area contributed by atoms with Crippen molar-refractivity contribution in [2.75, 3.05) is 7.05 Å². The molecule has 0 saturated heterocycles. The third-order valence-corrected chi connectivity index (χ3v) is 1.98. The van der Waals surface area contributed by atoms with Crippen LogP contribution in [0.4, 0.5) is 4.39 Å². The van der Waals surface area contributed by atoms with Crippen LogP contribution in [-0.2, 0) is 6.42 Å². The number of nitrogens with two attached hydrogens (primary N) is 1. The summed E-state index contributed by atoms with van der Waals surface area (Å²) in [4.78, 5) is 13.2. The van der Waals surface area contributed by atoms with Gasteiger partial charge in [0, 0.05) is 19.7 Å². The number of nitrogens with zero attached hydrogens (tertiary/aromatic N) is 2. The number of pyridine rings is 1. The molecule has 0 bridgehead atoms. The van der Waals surface area contributed by atoms with E-state index >= 15 is 0 Å². The number of hydrogen-bond acceptors (Lipinski definition) is 5. The predicted molar refractivity (Wildman–Crippen MR) is 55.2 cm³/mol. The lowest BCUT2D eigenvalue weighted by Crippen LogP contribution is -2.21. The third kappa shape index (κ3) is 2.91. The number of allylic oxidation sites excluding steroid dienone is 1. The van der Waals surface area contributed by atoms with E-state index in [1.54, 1.807) is 0 Å². The number of halogens is 1. The second-order valence-electron chi connectivity index (χ2n) is 3.04. The number of likely N-dealkylation sites (N-methyl/N-ethyl adjacent to an activating group) is 1. The molecule has 0 amide bonds. The molecule has 0 radical (unpaired) electrons. The summed E-state index contributed by atoms with van der Waals surface area (Å²) in [5, 5.41) is 13.1. The highest BCUT2D eigenvalue weighted by Gasteiger charge is 2.11. The van der Waals surface area contributed by atoms with Crippen molar-refractivity contribution in [2.45, 2.75) is 6.42 Å². The summed E-state index contributed by atoms with van der Waals surface area (Å²) in [6.45, 7) is 0. The molecule has 0 aliphatic carbocycles. The molecular weight excluding hydrogens is 215 g/mol. The van der Waals surface area contributed by atoms with E-state index < -0.39 is 16.7 Å². The number of aromatic nitrogens is 1. The molecule has 0 fully saturated rings. The molecule has 1 aromatic rings. The number of rotatable bonds is 4. The number of nitrogens with one attached hydrogen (secondary N) is 1. The van der Waals surface area contributed by atoms with Crippen LogP contribution in [0.5, 0.6) is 0 Å². The lowest BCUT2D eigenvalue weighted by atomic mass is 10.1. The molecule has 3 N–H and O–H groups in total. The minimum absolute atomic E-state index is 0.205. The van der Waals surface area contributed by atoms with Gasteiger partial charge in [0.1, 0.15) is 5.70 Å². The summed E-state index contributed by atoms with van der Waals surface area (Å²) in [6, 6.07) is 2.68. The second kappa shape index (κ2) is 5.06. The Morgan fingerprint density at radius 3 is 2.81 bits per heavy atom. The Balaban J connectivity index is 2.90. The first kappa shape index (κ1) is 11.9. The average Bonchev–Trinajstić information content (AvgIpc) is 2.27. The SMILES string of the molecule is CNC(Cc1ccc(F)nc1)=C(N)[N+](=O)[O-]. The van der Waals surface area contributed by atoms with Crippen LogP contribution in [0.25, 0.3) is 0 Å². The molecule has 0 atom stereocenters. The standard InChI is InChI=1S/C9H11FN4O2/c1-12-7(9(11)14(15)16)4-6-2-3-8(10)13-5-6/h2-3,5,12H,4,11H2,1H3. The monoisotopic (exact) mass is 226 g/mol. The lowest BCUT2D eigenvalue weighted by molar-refractivity contribution is -0.428. The summed E-state index contributed by atoms with van der Waals surface area (Å²) in [5.74, 6) is -1.05. The fraction of sp³-hybridized carbons (Fsp3) is 0.222. The molecule has 1 heterocycles. The van der Waals surface area contributed by atoms with Crippen LogP contribution >= 0.6 is 0 Å². The van der Waals surface area contributed by atoms with Crippen LogP contribution in [-0.4, -0.2) is 17.0 Å². The molecule has 7 heteroatoms. The topological polar surface area (TPSA) is 94.1 Å². The normalized spacial score (nSPS) is 11.9. The molecule has 0 saturated carbocycles. The summed E-state index contributed by atoms with van der Waals surface area (Å²) >= 11 is 0. The van der Waals surface area contributed by atoms with E-state index in [9.17, 15) is 14.5 Å². The molecule has 16 heavy (non-hydrogen) atoms. The quantitative estimate of drug-likeness (QED) is 0.440. The van der Waals surface area contributed by atoms with Crippen LogP contribution in [0.3, 0.4) is 0 Å². The molecule has 0 aromatic carbocycles. The molecule has 0 unspecified atom stereocenters. The Morgan fingerprint density at radius 1 is 1.69 bits per heavy atom. The van der Waals surface area contributed by atoms with Gasteiger partial charge in [0.05, 0.1) is 0 Å². The van der Waals surface area contributed by atoms with Gasteiger partial charge in [0.2, 0.25) is 5.95 Å². The van der Waals surface area contributed by atoms with Crippen molar-refractivity contribution in [3.63, 3.8) is 0 Å². The molecule has 0 spiro atoms. The summed E-state index contributed by atoms with van der Waals surface area (Å²) < 4.78 is 12.5. The molecular formula is C9H11FN4O2. The van der Waals surface area contributed by atoms with Gasteiger partial charge in [0.25, 0.3) is 0 Å². The van der Waals surface area contributed by atoms with Crippen molar-refractivity contribution in [1.82, 2.24) is 10.3 Å². The Kier molecular flexibility index (Phi) is 3.76. The second-order valence-corrected chi connectivity index (χ2v) is 3.04. The van der Waals surface area contributed by atoms with Gasteiger partial charge < -0.3 is 15.4 Å². The zero-order valence-corrected chi connectivity index (χ0v) is 8.61. The van der Waals surface area contributed by atoms with Crippen LogP contribution in [0.1, 0.15) is 5.56 Å². The highest BCUT2D eigenvalue weighted by atomic mass is 19.1. The van der Waals surface area contributed by atoms with E-state index in [-0.39, 0.29) is 12.1 Å². The van der Waals surface area contributed by atoms with E-state index in [4.69, 9.17) is 5.73 Å². The van der Waals surface area contributed by atoms with E-state index in [2.05, 4.69) is 10.3 Å². The lowest BCUT2D eigenvalue weighted by Gasteiger charge is -2.06. The molecule has 0 aliphatic heterocycles. The Hall–Kier alpha value is -2.18. The first-order chi connectivity index (χ1) is 7.54. The molecule has 0 aliphatic rings. The first-order valence-corrected chi connectivity index (χ1v) is 4.45. The van der Waals surface area contributed by atoms with Gasteiger partial charge in [-0.1, -0.05) is 6.07 Å². The Labute approximate surface area is 91.1 Å². The summed E-state index contributed by atoms with van der Waals surface area (Å²) in [6.07, 6.45) is 1.51. The summed E-state index contributed by atoms with van der Waals surface area (Å²) in [5.41, 5.74) is 6.17. The van der Waals surface area contributed by atoms with Crippen molar-refractivity contribution in [3.05, 3.63) is 51.5 Å². The Morgan fingerprint density at radius 2 is 2.38 bits per heavy atom. The molecule has 1 aromatic heterocycles. The van der Waals surface area contributed by atoms with Crippen LogP contribution in [0, 0.1) is 16.1 Å². The van der Waals surface area contributed by atoms with Crippen LogP contribution in [0.2, 0.25) is 0 Å². The van der Waals surface area contributed by atoms with Crippen molar-refractivity contribution in [1.29, 1.82) is 0 Å². The molecule has 1 rings (SSSR count). The van der Waals surface area contributed by atoms with Crippen LogP contribution in [0.15, 0.2) is 29.8 Å². The minimum atomic E-state index is -0.678. The van der Waals surface area contributed by atoms with E-state index in [0.717, 1.165) is 0 Å². The van der Waals surface area contributed by atoms with Crippen LogP contribution < -0.4 is 11.1 Å². The number of nitro groups is 1. The smallest absolute Gasteiger partial charge is 0.333 e. The van der Waals surface area contributed by atoms with E-state index in [1.165, 1.54) is 25.4 Å². The fourth-order valence-corrected chi connectivity index (χ4v) is 1.13. The number of hydrogen-bond donors (Lipinski definition) is 2. The zero-order chi connectivity index (χ0) is 12.1. The Bertz CT molecular complexity index is 416. The van der Waals surface area contributed by atoms with E-state index in [0.29, 0.717) is 5.56 Å². The fourth-order valence-electron chi connectivity index (χ4n) is 1.13. The van der Waals surface area contributed by atoms with Gasteiger partial charge in [-0.15, -0.1) is 0 Å². The highest BCUT2D eigenvalue weighted by molar-refractivity contribution is 5.18. The van der Waals surface area contributed by atoms with Gasteiger partial charge in [-0.2, -0.15) is 4.39 Å². The van der Waals surface area contributed by atoms with Crippen molar-refractivity contribution >= 4 is 0 Å². The van der Waals surface area contributed by atoms with Crippen molar-refractivity contribution in [3.8, 4) is 0 Å². The molecule has 6 nitrogen and oxygen atoms in total. The minimum Gasteiger partial charge on any atom is -0.384 e. The molecule has 86 valence electrons. The van der Waals surface area contributed by atoms with E-state index in [1.807, 2.05) is 0 Å². The predicted octanol–water partition coefficient (Wildman–Crippen LogP) is 0.387. The maximum Gasteiger partial charge on any atom is 0.333 e. The third-order valence-electron chi connectivity index (χ3n) is 1.98. The highest BCUT2D eigenvalue weighted by Crippen LogP contribution is 2.07. The average molecular weight is 226 g/mol.